The van der Waals surface area contributed by atoms with Gasteiger partial charge in [0.2, 0.25) is 5.91 Å². The van der Waals surface area contributed by atoms with Crippen molar-refractivity contribution >= 4 is 41.5 Å². The molecule has 1 aliphatic carbocycles. The molecule has 1 aromatic rings. The van der Waals surface area contributed by atoms with E-state index in [0.717, 1.165) is 31.2 Å². The first kappa shape index (κ1) is 21.7. The van der Waals surface area contributed by atoms with E-state index in [-0.39, 0.29) is 29.9 Å². The van der Waals surface area contributed by atoms with Crippen LogP contribution in [0, 0.1) is 0 Å². The van der Waals surface area contributed by atoms with E-state index in [4.69, 9.17) is 4.99 Å². The molecule has 1 fully saturated rings. The van der Waals surface area contributed by atoms with Crippen molar-refractivity contribution in [2.24, 2.45) is 4.99 Å². The first-order valence-electron chi connectivity index (χ1n) is 9.08. The Kier molecular flexibility index (Phi) is 10.5. The van der Waals surface area contributed by atoms with Crippen LogP contribution in [0.1, 0.15) is 51.5 Å². The van der Waals surface area contributed by atoms with E-state index >= 15 is 0 Å². The van der Waals surface area contributed by atoms with Crippen molar-refractivity contribution in [3.05, 3.63) is 29.8 Å². The van der Waals surface area contributed by atoms with E-state index in [1.165, 1.54) is 44.6 Å². The molecule has 6 heteroatoms. The second kappa shape index (κ2) is 12.1. The molecule has 0 aromatic heterocycles. The number of anilines is 1. The summed E-state index contributed by atoms with van der Waals surface area (Å²) >= 11 is 0. The zero-order chi connectivity index (χ0) is 17.2. The van der Waals surface area contributed by atoms with Gasteiger partial charge in [-0.05, 0) is 43.9 Å². The fraction of sp³-hybridized carbons (Fsp3) is 0.579. The molecular weight excluding hydrogens is 427 g/mol. The van der Waals surface area contributed by atoms with Gasteiger partial charge < -0.3 is 16.0 Å². The molecule has 0 heterocycles. The quantitative estimate of drug-likeness (QED) is 0.346. The van der Waals surface area contributed by atoms with Gasteiger partial charge >= 0.3 is 0 Å². The predicted octanol–water partition coefficient (Wildman–Crippen LogP) is 3.69. The van der Waals surface area contributed by atoms with Crippen LogP contribution in [-0.2, 0) is 11.2 Å². The van der Waals surface area contributed by atoms with Crippen LogP contribution in [0.15, 0.2) is 29.3 Å². The largest absolute Gasteiger partial charge is 0.357 e. The van der Waals surface area contributed by atoms with Crippen LogP contribution in [0.5, 0.6) is 0 Å². The Morgan fingerprint density at radius 1 is 1.16 bits per heavy atom. The van der Waals surface area contributed by atoms with Crippen LogP contribution in [0.2, 0.25) is 0 Å². The monoisotopic (exact) mass is 458 g/mol. The van der Waals surface area contributed by atoms with E-state index in [0.29, 0.717) is 6.04 Å². The minimum absolute atomic E-state index is 0. The normalized spacial score (nSPS) is 15.2. The second-order valence-corrected chi connectivity index (χ2v) is 6.37. The van der Waals surface area contributed by atoms with Crippen LogP contribution in [0.25, 0.3) is 0 Å². The van der Waals surface area contributed by atoms with Crippen molar-refractivity contribution in [3.63, 3.8) is 0 Å². The summed E-state index contributed by atoms with van der Waals surface area (Å²) in [5.41, 5.74) is 2.06. The number of hydrogen-bond donors (Lipinski definition) is 3. The van der Waals surface area contributed by atoms with Crippen molar-refractivity contribution in [1.29, 1.82) is 0 Å². The average molecular weight is 458 g/mol. The zero-order valence-corrected chi connectivity index (χ0v) is 17.6. The van der Waals surface area contributed by atoms with E-state index in [1.54, 1.807) is 0 Å². The maximum Gasteiger partial charge on any atom is 0.221 e. The van der Waals surface area contributed by atoms with Gasteiger partial charge in [0.05, 0.1) is 0 Å². The topological polar surface area (TPSA) is 65.5 Å². The van der Waals surface area contributed by atoms with Gasteiger partial charge in [0.25, 0.3) is 0 Å². The molecule has 0 aliphatic heterocycles. The number of guanidine groups is 1. The van der Waals surface area contributed by atoms with E-state index < -0.39 is 0 Å². The lowest BCUT2D eigenvalue weighted by molar-refractivity contribution is -0.114. The summed E-state index contributed by atoms with van der Waals surface area (Å²) < 4.78 is 0. The minimum atomic E-state index is -0.0450. The number of carbonyl (C=O) groups is 1. The number of nitrogens with zero attached hydrogens (tertiary/aromatic N) is 1. The highest BCUT2D eigenvalue weighted by atomic mass is 127. The van der Waals surface area contributed by atoms with Crippen LogP contribution in [0.3, 0.4) is 0 Å². The first-order valence-corrected chi connectivity index (χ1v) is 9.08. The Bertz CT molecular complexity index is 539. The molecule has 0 spiro atoms. The second-order valence-electron chi connectivity index (χ2n) is 6.37. The fourth-order valence-electron chi connectivity index (χ4n) is 3.02. The summed E-state index contributed by atoms with van der Waals surface area (Å²) in [6.07, 6.45) is 7.38. The number of halogens is 1. The van der Waals surface area contributed by atoms with Crippen LogP contribution < -0.4 is 16.0 Å². The molecule has 25 heavy (non-hydrogen) atoms. The lowest BCUT2D eigenvalue weighted by atomic mass is 9.96. The number of benzene rings is 1. The number of carbonyl (C=O) groups excluding carboxylic acids is 1. The third-order valence-corrected chi connectivity index (χ3v) is 4.23. The predicted molar refractivity (Wildman–Crippen MR) is 116 cm³/mol. The Balaban J connectivity index is 0.00000312. The van der Waals surface area contributed by atoms with Crippen molar-refractivity contribution < 1.29 is 4.79 Å². The maximum absolute atomic E-state index is 11.0. The Labute approximate surface area is 168 Å². The third kappa shape index (κ3) is 8.56. The highest BCUT2D eigenvalue weighted by Crippen LogP contribution is 2.17. The first-order chi connectivity index (χ1) is 11.7. The SMILES string of the molecule is CCNC(=NCCc1ccc(NC(C)=O)cc1)NC1CCCCC1.I. The molecule has 0 bridgehead atoms. The van der Waals surface area contributed by atoms with Gasteiger partial charge in [-0.2, -0.15) is 0 Å². The molecule has 0 saturated heterocycles. The average Bonchev–Trinajstić information content (AvgIpc) is 2.57. The van der Waals surface area contributed by atoms with Gasteiger partial charge in [-0.25, -0.2) is 0 Å². The van der Waals surface area contributed by atoms with Crippen molar-refractivity contribution in [3.8, 4) is 0 Å². The molecule has 1 saturated carbocycles. The van der Waals surface area contributed by atoms with Gasteiger partial charge in [-0.1, -0.05) is 31.4 Å². The van der Waals surface area contributed by atoms with Crippen LogP contribution in [-0.4, -0.2) is 31.0 Å². The molecule has 0 radical (unpaired) electrons. The molecule has 3 N–H and O–H groups in total. The van der Waals surface area contributed by atoms with Crippen molar-refractivity contribution in [1.82, 2.24) is 10.6 Å². The number of amides is 1. The number of hydrogen-bond acceptors (Lipinski definition) is 2. The fourth-order valence-corrected chi connectivity index (χ4v) is 3.02. The van der Waals surface area contributed by atoms with Gasteiger partial charge in [0.1, 0.15) is 0 Å². The van der Waals surface area contributed by atoms with Gasteiger partial charge in [-0.15, -0.1) is 24.0 Å². The van der Waals surface area contributed by atoms with Crippen LogP contribution in [0.4, 0.5) is 5.69 Å². The van der Waals surface area contributed by atoms with Gasteiger partial charge in [0.15, 0.2) is 5.96 Å². The molecule has 2 rings (SSSR count). The number of aliphatic imine (C=N–C) groups is 1. The van der Waals surface area contributed by atoms with E-state index in [1.807, 2.05) is 24.3 Å². The summed E-state index contributed by atoms with van der Waals surface area (Å²) in [5, 5.41) is 9.69. The smallest absolute Gasteiger partial charge is 0.221 e. The highest BCUT2D eigenvalue weighted by molar-refractivity contribution is 14.0. The summed E-state index contributed by atoms with van der Waals surface area (Å²) in [5.74, 6) is 0.885. The number of rotatable bonds is 6. The minimum Gasteiger partial charge on any atom is -0.357 e. The molecule has 0 unspecified atom stereocenters. The summed E-state index contributed by atoms with van der Waals surface area (Å²) in [4.78, 5) is 15.7. The molecule has 0 atom stereocenters. The summed E-state index contributed by atoms with van der Waals surface area (Å²) in [7, 11) is 0. The lowest BCUT2D eigenvalue weighted by Gasteiger charge is -2.24. The van der Waals surface area contributed by atoms with Gasteiger partial charge in [-0.3, -0.25) is 9.79 Å². The molecule has 140 valence electrons. The molecule has 1 amide bonds. The molecule has 1 aromatic carbocycles. The summed E-state index contributed by atoms with van der Waals surface area (Å²) in [6.45, 7) is 5.24. The summed E-state index contributed by atoms with van der Waals surface area (Å²) in [6, 6.07) is 8.52. The molecule has 1 aliphatic rings. The standard InChI is InChI=1S/C19H30N4O.HI/c1-3-20-19(23-17-7-5-4-6-8-17)21-14-13-16-9-11-18(12-10-16)22-15(2)24;/h9-12,17H,3-8,13-14H2,1-2H3,(H,22,24)(H2,20,21,23);1H. The van der Waals surface area contributed by atoms with E-state index in [2.05, 4.69) is 22.9 Å². The molecule has 5 nitrogen and oxygen atoms in total. The van der Waals surface area contributed by atoms with Crippen molar-refractivity contribution in [2.75, 3.05) is 18.4 Å². The lowest BCUT2D eigenvalue weighted by Crippen LogP contribution is -2.44. The van der Waals surface area contributed by atoms with Gasteiger partial charge in [0, 0.05) is 31.7 Å². The van der Waals surface area contributed by atoms with E-state index in [9.17, 15) is 4.79 Å². The van der Waals surface area contributed by atoms with Crippen molar-refractivity contribution in [2.45, 2.75) is 58.4 Å². The third-order valence-electron chi connectivity index (χ3n) is 4.23. The number of nitrogens with one attached hydrogen (secondary N) is 3. The maximum atomic E-state index is 11.0. The Morgan fingerprint density at radius 2 is 1.84 bits per heavy atom. The Hall–Kier alpha value is -1.31. The van der Waals surface area contributed by atoms with Crippen LogP contribution >= 0.6 is 24.0 Å². The zero-order valence-electron chi connectivity index (χ0n) is 15.3. The Morgan fingerprint density at radius 3 is 2.44 bits per heavy atom. The molecular formula is C19H31IN4O. The highest BCUT2D eigenvalue weighted by Gasteiger charge is 2.14.